The van der Waals surface area contributed by atoms with Gasteiger partial charge in [0.15, 0.2) is 17.5 Å². The zero-order valence-electron chi connectivity index (χ0n) is 82.6. The van der Waals surface area contributed by atoms with Crippen molar-refractivity contribution in [1.82, 2.24) is 73.0 Å². The number of carbonyl (C=O) groups is 20. The van der Waals surface area contributed by atoms with Crippen molar-refractivity contribution in [2.24, 2.45) is 40.1 Å². The minimum Gasteiger partial charge on any atom is -0.481 e. The molecule has 6 aromatic rings. The van der Waals surface area contributed by atoms with Crippen LogP contribution in [0.3, 0.4) is 0 Å². The van der Waals surface area contributed by atoms with Crippen molar-refractivity contribution in [1.29, 1.82) is 0 Å². The number of ether oxygens (including phenoxy) is 6. The number of primary amides is 2. The van der Waals surface area contributed by atoms with Crippen LogP contribution in [-0.2, 0) is 128 Å². The number of imidazole rings is 1. The van der Waals surface area contributed by atoms with E-state index in [1.807, 2.05) is 13.8 Å². The lowest BCUT2D eigenvalue weighted by molar-refractivity contribution is -0.346. The van der Waals surface area contributed by atoms with E-state index < -0.39 is 308 Å². The van der Waals surface area contributed by atoms with Crippen LogP contribution >= 0.6 is 0 Å². The number of fused-ring (bicyclic) bond motifs is 6. The number of carbonyl (C=O) groups excluding carboxylic acids is 19. The molecule has 4 heterocycles. The van der Waals surface area contributed by atoms with Gasteiger partial charge < -0.3 is 123 Å². The van der Waals surface area contributed by atoms with Crippen LogP contribution in [0.4, 0.5) is 0 Å². The maximum absolute atomic E-state index is 16.1. The lowest BCUT2D eigenvalue weighted by Gasteiger charge is -2.67. The summed E-state index contributed by atoms with van der Waals surface area (Å²) in [6.45, 7) is 13.5. The van der Waals surface area contributed by atoms with Crippen LogP contribution in [-0.4, -0.2) is 276 Å². The average molecular weight is 2030 g/mol. The summed E-state index contributed by atoms with van der Waals surface area (Å²) in [5.74, 6) is -22.8. The molecule has 19 N–H and O–H groups in total. The van der Waals surface area contributed by atoms with Crippen LogP contribution in [0, 0.1) is 28.6 Å². The topological polar surface area (TPSA) is 678 Å². The van der Waals surface area contributed by atoms with E-state index in [4.69, 9.17) is 39.9 Å². The third kappa shape index (κ3) is 26.5. The number of nitrogens with zero attached hydrogens (tertiary/aromatic N) is 2. The number of aliphatic hydroxyl groups is 2. The maximum atomic E-state index is 16.1. The summed E-state index contributed by atoms with van der Waals surface area (Å²) in [5.41, 5.74) is 3.67. The van der Waals surface area contributed by atoms with Crippen LogP contribution in [0.2, 0.25) is 0 Å². The number of likely N-dealkylation sites (tertiary alicyclic amines) is 1. The molecule has 13 amide bonds. The highest BCUT2D eigenvalue weighted by molar-refractivity contribution is 6.01. The molecule has 2 bridgehead atoms. The van der Waals surface area contributed by atoms with E-state index in [2.05, 4.69) is 68.1 Å². The van der Waals surface area contributed by atoms with Gasteiger partial charge in [-0.3, -0.25) is 86.3 Å². The number of aliphatic hydroxyl groups excluding tert-OH is 1. The van der Waals surface area contributed by atoms with Gasteiger partial charge in [0.05, 0.1) is 61.1 Å². The van der Waals surface area contributed by atoms with Gasteiger partial charge in [0.25, 0.3) is 5.91 Å². The van der Waals surface area contributed by atoms with Crippen LogP contribution < -0.4 is 64.6 Å². The number of aromatic nitrogens is 3. The van der Waals surface area contributed by atoms with E-state index in [1.165, 1.54) is 108 Å². The SMILES string of the molecule is CC(=O)O[C@H]1C(=O)[C@@]2(C)[C@H]([C@H](OC(=O)c3ccccc3)[C@]3(O)C[C@H](OC(=O)[C@H](OC(=O)CCC(=O)N4CCC[C@H]4C(=O)N[C@@H](CCC(=O)O)C(=O)NCC(=O)N[C@@H](CCC(N)=O)C(=O)N[C@@H](Cc4c[nH]c5ccccc45)C(=O)N[C@@H](C)C(=O)N[C@H](C(=O)NCC(=O)N[C@@H](Cc4c[nH]cn4)C(=O)N[C@@H](CC(C)C)C(N)=O)C(C)C)[C@@H](NC(=O)c4ccccc4)c4ccccc4)C(C)=C1C3(C)C)[C@]1(OC(C)=O)CO[C@@H]1C[C@@H]2O. The molecule has 4 aromatic carbocycles. The Morgan fingerprint density at radius 1 is 0.630 bits per heavy atom. The molecule has 2 saturated carbocycles. The Labute approximate surface area is 839 Å². The van der Waals surface area contributed by atoms with Gasteiger partial charge >= 0.3 is 35.8 Å². The normalized spacial score (nSPS) is 22.5. The number of aliphatic carboxylic acids is 1. The van der Waals surface area contributed by atoms with Crippen LogP contribution in [0.1, 0.15) is 190 Å². The fraction of sp³-hybridized carbons (Fsp3) is 0.495. The Bertz CT molecular complexity index is 5920. The van der Waals surface area contributed by atoms with Gasteiger partial charge in [-0.25, -0.2) is 14.6 Å². The first-order valence-electron chi connectivity index (χ1n) is 48.1. The molecule has 2 saturated heterocycles. The molecule has 0 unspecified atom stereocenters. The van der Waals surface area contributed by atoms with E-state index in [0.717, 1.165) is 18.7 Å². The standard InChI is InChI=1S/C101H126N16O29/c1-51(2)40-66(87(103)129)113-93(135)68(42-61-46-104-50-108-61)111-75(123)48-107-95(137)80(52(3)4)115-88(130)54(6)109-92(134)67(41-60-45-105-63-31-22-21-30-62(60)63)114-91(133)65(33-35-73(102)121)110-74(122)47-106-90(132)64(34-37-77(125)126)112-94(136)69-32-23-39-117(69)76(124)36-38-78(127)144-83(81(57-24-15-12-16-25-57)116-89(131)58-26-17-13-18-27-58)97(139)143-70-44-101(140)86(145-96(138)59-28-19-14-20-29-59)84-99(11,71(120)43-72-100(84,49-141-72)146-56(8)119)85(128)82(142-55(7)118)79(53(70)5)98(101,9)10/h12-22,24-31,45-46,50-52,54,64-72,80-84,86,105,120,140H,23,32-44,47-49H2,1-11H3,(H2,102,121)(H2,103,129)(H,104,108)(H,106,132)(H,107,137)(H,109,134)(H,110,122)(H,111,123)(H,112,136)(H,113,135)(H,114,133)(H,115,130)(H,116,131)(H,125,126)/t54-,64-,65-,66-,67-,68-,69-,70-,71-,72+,80-,81-,82+,83+,84-,86-,99+,100-,101+/m0/s1. The number of aromatic amines is 2. The molecular weight excluding hydrogens is 1900 g/mol. The van der Waals surface area contributed by atoms with Crippen LogP contribution in [0.15, 0.2) is 145 Å². The van der Waals surface area contributed by atoms with Crippen molar-refractivity contribution in [3.8, 4) is 0 Å². The molecule has 11 rings (SSSR count). The molecule has 146 heavy (non-hydrogen) atoms. The Kier molecular flexibility index (Phi) is 36.9. The predicted molar refractivity (Wildman–Crippen MR) is 514 cm³/mol. The zero-order valence-corrected chi connectivity index (χ0v) is 82.6. The van der Waals surface area contributed by atoms with E-state index in [-0.39, 0.29) is 78.8 Å². The molecule has 45 heteroatoms. The van der Waals surface area contributed by atoms with Crippen molar-refractivity contribution < 1.29 is 140 Å². The fourth-order valence-corrected chi connectivity index (χ4v) is 19.6. The Morgan fingerprint density at radius 2 is 1.23 bits per heavy atom. The second-order valence-corrected chi connectivity index (χ2v) is 38.7. The maximum Gasteiger partial charge on any atom is 0.350 e. The second kappa shape index (κ2) is 48.5. The number of hydrogen-bond donors (Lipinski definition) is 17. The molecule has 0 radical (unpaired) electrons. The number of carboxylic acid groups (broad SMARTS) is 1. The fourth-order valence-electron chi connectivity index (χ4n) is 19.6. The monoisotopic (exact) mass is 2030 g/mol. The number of benzene rings is 4. The van der Waals surface area contributed by atoms with Gasteiger partial charge in [0.2, 0.25) is 77.0 Å². The summed E-state index contributed by atoms with van der Waals surface area (Å²) in [6, 6.07) is 16.2. The van der Waals surface area contributed by atoms with Crippen molar-refractivity contribution in [3.63, 3.8) is 0 Å². The first-order chi connectivity index (χ1) is 69.1. The molecule has 2 aromatic heterocycles. The van der Waals surface area contributed by atoms with E-state index in [0.29, 0.717) is 22.2 Å². The zero-order chi connectivity index (χ0) is 107. The summed E-state index contributed by atoms with van der Waals surface area (Å²) in [4.78, 5) is 293. The first kappa shape index (κ1) is 111. The van der Waals surface area contributed by atoms with Gasteiger partial charge in [-0.05, 0) is 117 Å². The number of para-hydroxylation sites is 1. The highest BCUT2D eigenvalue weighted by Crippen LogP contribution is 2.65. The van der Waals surface area contributed by atoms with E-state index >= 15 is 9.59 Å². The molecule has 4 fully saturated rings. The molecule has 45 nitrogen and oxygen atoms in total. The summed E-state index contributed by atoms with van der Waals surface area (Å²) >= 11 is 0. The number of nitrogens with two attached hydrogens (primary N) is 2. The molecule has 2 aliphatic heterocycles. The number of nitrogens with one attached hydrogen (secondary N) is 12. The Hall–Kier alpha value is -15.2. The van der Waals surface area contributed by atoms with Crippen molar-refractivity contribution in [2.75, 3.05) is 26.2 Å². The molecule has 784 valence electrons. The highest BCUT2D eigenvalue weighted by atomic mass is 16.6. The largest absolute Gasteiger partial charge is 0.481 e. The number of amides is 13. The van der Waals surface area contributed by atoms with Crippen molar-refractivity contribution >= 4 is 129 Å². The van der Waals surface area contributed by atoms with Crippen LogP contribution in [0.5, 0.6) is 0 Å². The Balaban J connectivity index is 0.774. The summed E-state index contributed by atoms with van der Waals surface area (Å²) in [7, 11) is 0. The van der Waals surface area contributed by atoms with Gasteiger partial charge in [0, 0.05) is 99.6 Å². The van der Waals surface area contributed by atoms with Crippen molar-refractivity contribution in [3.05, 3.63) is 173 Å². The molecule has 5 aliphatic rings. The summed E-state index contributed by atoms with van der Waals surface area (Å²) < 4.78 is 37.3. The van der Waals surface area contributed by atoms with Gasteiger partial charge in [-0.2, -0.15) is 0 Å². The van der Waals surface area contributed by atoms with Crippen molar-refractivity contribution in [2.45, 2.75) is 262 Å². The molecular formula is C101H126N16O29. The number of esters is 5. The first-order valence-corrected chi connectivity index (χ1v) is 48.1. The lowest BCUT2D eigenvalue weighted by Crippen LogP contribution is -2.82. The number of ketones is 1. The van der Waals surface area contributed by atoms with E-state index in [9.17, 15) is 102 Å². The van der Waals surface area contributed by atoms with Gasteiger partial charge in [-0.1, -0.05) is 126 Å². The molecule has 19 atom stereocenters. The Morgan fingerprint density at radius 3 is 1.83 bits per heavy atom. The predicted octanol–water partition coefficient (Wildman–Crippen LogP) is 0.711. The molecule has 0 spiro atoms. The minimum absolute atomic E-state index is 0.0338. The van der Waals surface area contributed by atoms with Gasteiger partial charge in [-0.15, -0.1) is 0 Å². The summed E-state index contributed by atoms with van der Waals surface area (Å²) in [5, 5.41) is 62.4. The van der Waals surface area contributed by atoms with Gasteiger partial charge in [0.1, 0.15) is 78.3 Å². The smallest absolute Gasteiger partial charge is 0.350 e. The third-order valence-corrected chi connectivity index (χ3v) is 27.3. The van der Waals surface area contributed by atoms with E-state index in [1.54, 1.807) is 74.6 Å². The minimum atomic E-state index is -2.66. The quantitative estimate of drug-likeness (QED) is 0.0142. The average Bonchev–Trinajstić information content (AvgIpc) is 0.832. The van der Waals surface area contributed by atoms with Crippen LogP contribution in [0.25, 0.3) is 10.9 Å². The number of hydrogen-bond acceptors (Lipinski definition) is 29. The highest BCUT2D eigenvalue weighted by Gasteiger charge is 2.79. The second-order valence-electron chi connectivity index (χ2n) is 38.7. The number of H-pyrrole nitrogens is 2. The number of carboxylic acids is 1. The third-order valence-electron chi connectivity index (χ3n) is 27.3. The summed E-state index contributed by atoms with van der Waals surface area (Å²) in [6.07, 6.45) is -12.1. The number of rotatable bonds is 46. The molecule has 3 aliphatic carbocycles. The number of Topliss-reactive ketones (excluding diaryl/α,β-unsaturated/α-hetero) is 1. The lowest BCUT2D eigenvalue weighted by atomic mass is 9.44.